The fraction of sp³-hybridized carbons (Fsp3) is 0.900. The monoisotopic (exact) mass is 256 g/mol. The largest absolute Gasteiger partial charge is 0.352 e. The molecule has 0 aromatic carbocycles. The normalized spacial score (nSPS) is 25.0. The topological polar surface area (TPSA) is 41.1 Å². The quantitative estimate of drug-likeness (QED) is 0.805. The van der Waals surface area contributed by atoms with Gasteiger partial charge in [0, 0.05) is 12.5 Å². The van der Waals surface area contributed by atoms with E-state index in [-0.39, 0.29) is 24.4 Å². The van der Waals surface area contributed by atoms with Crippen LogP contribution in [-0.2, 0) is 4.79 Å². The lowest BCUT2D eigenvalue weighted by Gasteiger charge is -2.19. The van der Waals surface area contributed by atoms with Crippen molar-refractivity contribution in [1.82, 2.24) is 10.6 Å². The van der Waals surface area contributed by atoms with Crippen molar-refractivity contribution >= 4 is 18.3 Å². The van der Waals surface area contributed by atoms with Gasteiger partial charge in [-0.2, -0.15) is 0 Å². The Labute approximate surface area is 101 Å². The van der Waals surface area contributed by atoms with E-state index in [1.807, 2.05) is 20.8 Å². The molecule has 2 atom stereocenters. The summed E-state index contributed by atoms with van der Waals surface area (Å²) in [7, 11) is 0. The van der Waals surface area contributed by atoms with Crippen molar-refractivity contribution in [3.8, 4) is 0 Å². The summed E-state index contributed by atoms with van der Waals surface area (Å²) in [5.74, 6) is -2.77. The van der Waals surface area contributed by atoms with Crippen LogP contribution in [0, 0.1) is 5.92 Å². The molecule has 1 fully saturated rings. The summed E-state index contributed by atoms with van der Waals surface area (Å²) in [6.45, 7) is 5.42. The summed E-state index contributed by atoms with van der Waals surface area (Å²) in [6.07, 6.45) is -0.399. The molecule has 2 N–H and O–H groups in total. The zero-order chi connectivity index (χ0) is 11.6. The summed E-state index contributed by atoms with van der Waals surface area (Å²) >= 11 is 0. The maximum absolute atomic E-state index is 12.8. The molecule has 0 spiro atoms. The molecule has 1 heterocycles. The van der Waals surface area contributed by atoms with Gasteiger partial charge < -0.3 is 5.32 Å². The molecule has 0 saturated carbocycles. The summed E-state index contributed by atoms with van der Waals surface area (Å²) in [4.78, 5) is 11.5. The highest BCUT2D eigenvalue weighted by atomic mass is 35.5. The zero-order valence-corrected chi connectivity index (χ0v) is 10.5. The summed E-state index contributed by atoms with van der Waals surface area (Å²) in [6, 6.07) is -0.741. The van der Waals surface area contributed by atoms with E-state index in [0.29, 0.717) is 5.92 Å². The van der Waals surface area contributed by atoms with Gasteiger partial charge >= 0.3 is 0 Å². The van der Waals surface area contributed by atoms with Gasteiger partial charge in [-0.05, 0) is 12.8 Å². The minimum absolute atomic E-state index is 0. The Bertz CT molecular complexity index is 249. The predicted molar refractivity (Wildman–Crippen MR) is 61.0 cm³/mol. The molecular weight excluding hydrogens is 238 g/mol. The van der Waals surface area contributed by atoms with E-state index < -0.39 is 24.9 Å². The van der Waals surface area contributed by atoms with Crippen molar-refractivity contribution in [1.29, 1.82) is 0 Å². The average Bonchev–Trinajstić information content (AvgIpc) is 2.45. The lowest BCUT2D eigenvalue weighted by atomic mass is 10.1. The number of carbonyl (C=O) groups is 1. The van der Waals surface area contributed by atoms with Crippen LogP contribution in [0.5, 0.6) is 0 Å². The van der Waals surface area contributed by atoms with E-state index in [2.05, 4.69) is 10.6 Å². The van der Waals surface area contributed by atoms with Gasteiger partial charge in [0.05, 0.1) is 12.6 Å². The number of rotatable bonds is 3. The van der Waals surface area contributed by atoms with Crippen LogP contribution in [0.4, 0.5) is 8.78 Å². The smallest absolute Gasteiger partial charge is 0.262 e. The minimum Gasteiger partial charge on any atom is -0.352 e. The van der Waals surface area contributed by atoms with E-state index in [1.54, 1.807) is 0 Å². The van der Waals surface area contributed by atoms with Gasteiger partial charge in [-0.1, -0.05) is 13.8 Å². The highest BCUT2D eigenvalue weighted by molar-refractivity contribution is 5.85. The molecule has 1 aliphatic heterocycles. The van der Waals surface area contributed by atoms with E-state index in [0.717, 1.165) is 0 Å². The van der Waals surface area contributed by atoms with Gasteiger partial charge in [0.15, 0.2) is 0 Å². The molecule has 0 aromatic rings. The summed E-state index contributed by atoms with van der Waals surface area (Å²) < 4.78 is 25.6. The molecule has 0 radical (unpaired) electrons. The number of hydrogen-bond acceptors (Lipinski definition) is 2. The second-order valence-electron chi connectivity index (χ2n) is 4.53. The third-order valence-electron chi connectivity index (χ3n) is 2.80. The molecule has 0 aliphatic carbocycles. The maximum atomic E-state index is 12.8. The van der Waals surface area contributed by atoms with Crippen molar-refractivity contribution in [3.63, 3.8) is 0 Å². The number of nitrogens with one attached hydrogen (secondary N) is 2. The first-order valence-corrected chi connectivity index (χ1v) is 5.23. The van der Waals surface area contributed by atoms with Gasteiger partial charge in [0.25, 0.3) is 5.92 Å². The number of carbonyl (C=O) groups excluding carboxylic acids is 1. The lowest BCUT2D eigenvalue weighted by molar-refractivity contribution is -0.124. The molecule has 1 rings (SSSR count). The number of hydrogen-bond donors (Lipinski definition) is 2. The fourth-order valence-corrected chi connectivity index (χ4v) is 1.39. The Hall–Kier alpha value is -0.420. The van der Waals surface area contributed by atoms with Crippen molar-refractivity contribution in [3.05, 3.63) is 0 Å². The minimum atomic E-state index is -2.75. The Morgan fingerprint density at radius 1 is 1.44 bits per heavy atom. The molecule has 2 unspecified atom stereocenters. The highest BCUT2D eigenvalue weighted by Crippen LogP contribution is 2.25. The molecule has 16 heavy (non-hydrogen) atoms. The first kappa shape index (κ1) is 15.6. The molecule has 1 aliphatic rings. The number of amides is 1. The van der Waals surface area contributed by atoms with E-state index in [9.17, 15) is 13.6 Å². The van der Waals surface area contributed by atoms with Crippen molar-refractivity contribution < 1.29 is 13.6 Å². The second kappa shape index (κ2) is 5.77. The van der Waals surface area contributed by atoms with Crippen LogP contribution in [0.25, 0.3) is 0 Å². The second-order valence-corrected chi connectivity index (χ2v) is 4.53. The van der Waals surface area contributed by atoms with Crippen LogP contribution in [0.15, 0.2) is 0 Å². The Balaban J connectivity index is 0.00000225. The third-order valence-corrected chi connectivity index (χ3v) is 2.80. The molecule has 1 amide bonds. The Morgan fingerprint density at radius 2 is 2.00 bits per heavy atom. The van der Waals surface area contributed by atoms with Crippen molar-refractivity contribution in [2.24, 2.45) is 5.92 Å². The average molecular weight is 257 g/mol. The van der Waals surface area contributed by atoms with Crippen LogP contribution < -0.4 is 10.6 Å². The molecular formula is C10H19ClF2N2O. The first-order chi connectivity index (χ1) is 6.82. The van der Waals surface area contributed by atoms with E-state index in [4.69, 9.17) is 0 Å². The predicted octanol–water partition coefficient (Wildman–Crippen LogP) is 1.57. The van der Waals surface area contributed by atoms with Crippen LogP contribution in [0.1, 0.15) is 27.2 Å². The first-order valence-electron chi connectivity index (χ1n) is 5.23. The molecule has 3 nitrogen and oxygen atoms in total. The fourth-order valence-electron chi connectivity index (χ4n) is 1.39. The molecule has 96 valence electrons. The maximum Gasteiger partial charge on any atom is 0.262 e. The van der Waals surface area contributed by atoms with Gasteiger partial charge in [-0.25, -0.2) is 8.78 Å². The number of halogens is 3. The SMILES string of the molecule is CC(C)C(C)NC(=O)C1CC(F)(F)CN1.Cl. The third kappa shape index (κ3) is 4.22. The lowest BCUT2D eigenvalue weighted by Crippen LogP contribution is -2.45. The summed E-state index contributed by atoms with van der Waals surface area (Å²) in [5.41, 5.74) is 0. The standard InChI is InChI=1S/C10H18F2N2O.ClH/c1-6(2)7(3)14-9(15)8-4-10(11,12)5-13-8;/h6-8,13H,4-5H2,1-3H3,(H,14,15);1H. The van der Waals surface area contributed by atoms with Gasteiger partial charge in [0.2, 0.25) is 5.91 Å². The van der Waals surface area contributed by atoms with E-state index >= 15 is 0 Å². The van der Waals surface area contributed by atoms with Crippen LogP contribution in [0.2, 0.25) is 0 Å². The number of alkyl halides is 2. The highest BCUT2D eigenvalue weighted by Gasteiger charge is 2.42. The van der Waals surface area contributed by atoms with Crippen molar-refractivity contribution in [2.45, 2.75) is 45.2 Å². The van der Waals surface area contributed by atoms with Gasteiger partial charge in [0.1, 0.15) is 0 Å². The van der Waals surface area contributed by atoms with Crippen LogP contribution in [-0.4, -0.2) is 30.5 Å². The van der Waals surface area contributed by atoms with E-state index in [1.165, 1.54) is 0 Å². The Morgan fingerprint density at radius 3 is 2.38 bits per heavy atom. The van der Waals surface area contributed by atoms with Crippen LogP contribution in [0.3, 0.4) is 0 Å². The van der Waals surface area contributed by atoms with Gasteiger partial charge in [-0.3, -0.25) is 10.1 Å². The molecule has 1 saturated heterocycles. The summed E-state index contributed by atoms with van der Waals surface area (Å²) in [5, 5.41) is 5.25. The Kier molecular flexibility index (Phi) is 5.62. The van der Waals surface area contributed by atoms with Crippen LogP contribution >= 0.6 is 12.4 Å². The van der Waals surface area contributed by atoms with Gasteiger partial charge in [-0.15, -0.1) is 12.4 Å². The molecule has 6 heteroatoms. The zero-order valence-electron chi connectivity index (χ0n) is 9.72. The molecule has 0 aromatic heterocycles. The van der Waals surface area contributed by atoms with Crippen molar-refractivity contribution in [2.75, 3.05) is 6.54 Å². The molecule has 0 bridgehead atoms.